The Morgan fingerprint density at radius 3 is 3.00 bits per heavy atom. The quantitative estimate of drug-likeness (QED) is 0.512. The first-order valence-corrected chi connectivity index (χ1v) is 4.89. The van der Waals surface area contributed by atoms with Gasteiger partial charge >= 0.3 is 0 Å². The second-order valence-corrected chi connectivity index (χ2v) is 5.38. The summed E-state index contributed by atoms with van der Waals surface area (Å²) in [5, 5.41) is 0. The van der Waals surface area contributed by atoms with Crippen LogP contribution in [0.5, 0.6) is 0 Å². The largest absolute Gasteiger partial charge is 0.377 e. The molecule has 0 aromatic heterocycles. The van der Waals surface area contributed by atoms with Gasteiger partial charge in [0.2, 0.25) is 0 Å². The van der Waals surface area contributed by atoms with E-state index in [9.17, 15) is 0 Å². The number of rotatable bonds is 0. The van der Waals surface area contributed by atoms with Crippen LogP contribution in [0.4, 0.5) is 0 Å². The summed E-state index contributed by atoms with van der Waals surface area (Å²) in [6.07, 6.45) is 5.18. The van der Waals surface area contributed by atoms with E-state index in [4.69, 9.17) is 4.74 Å². The van der Waals surface area contributed by atoms with Crippen LogP contribution in [0.3, 0.4) is 0 Å². The molecule has 4 fully saturated rings. The lowest BCUT2D eigenvalue weighted by atomic mass is 9.82. The third-order valence-corrected chi connectivity index (χ3v) is 5.18. The van der Waals surface area contributed by atoms with Crippen molar-refractivity contribution in [1.82, 2.24) is 0 Å². The number of hydrogen-bond acceptors (Lipinski definition) is 1. The van der Waals surface area contributed by atoms with Crippen LogP contribution in [0.15, 0.2) is 0 Å². The number of hydrogen-bond donors (Lipinski definition) is 0. The van der Waals surface area contributed by atoms with Crippen molar-refractivity contribution in [3.8, 4) is 0 Å². The van der Waals surface area contributed by atoms with Gasteiger partial charge in [-0.15, -0.1) is 0 Å². The fraction of sp³-hybridized carbons (Fsp3) is 1.00. The van der Waals surface area contributed by atoms with Gasteiger partial charge in [0.15, 0.2) is 0 Å². The van der Waals surface area contributed by atoms with Crippen molar-refractivity contribution in [2.24, 2.45) is 22.7 Å². The summed E-state index contributed by atoms with van der Waals surface area (Å²) in [7, 11) is 0. The molecule has 11 heavy (non-hydrogen) atoms. The SMILES string of the molecule is CC12CC3CC4COC1C42C3. The third kappa shape index (κ3) is 0.327. The van der Waals surface area contributed by atoms with Gasteiger partial charge in [-0.2, -0.15) is 0 Å². The molecule has 1 nitrogen and oxygen atoms in total. The van der Waals surface area contributed by atoms with Crippen LogP contribution in [0, 0.1) is 22.7 Å². The molecule has 1 heteroatoms. The fourth-order valence-corrected chi connectivity index (χ4v) is 4.92. The zero-order valence-corrected chi connectivity index (χ0v) is 6.97. The molecule has 60 valence electrons. The second kappa shape index (κ2) is 1.19. The van der Waals surface area contributed by atoms with Gasteiger partial charge in [0.25, 0.3) is 0 Å². The summed E-state index contributed by atoms with van der Waals surface area (Å²) in [6, 6.07) is 0. The van der Waals surface area contributed by atoms with Gasteiger partial charge in [0.05, 0.1) is 12.7 Å². The highest BCUT2D eigenvalue weighted by Crippen LogP contribution is 2.86. The maximum absolute atomic E-state index is 5.84. The number of fused-ring (bicyclic) bond motifs is 2. The van der Waals surface area contributed by atoms with Gasteiger partial charge in [-0.3, -0.25) is 0 Å². The molecule has 5 atom stereocenters. The molecule has 1 spiro atoms. The molecule has 4 aliphatic rings. The molecule has 1 saturated heterocycles. The standard InChI is InChI=1S/C10H14O/c1-9-3-6-2-7-5-11-8(9)10(7,9)4-6/h6-8H,2-5H2,1H3. The van der Waals surface area contributed by atoms with Crippen molar-refractivity contribution < 1.29 is 4.74 Å². The van der Waals surface area contributed by atoms with Crippen molar-refractivity contribution in [3.63, 3.8) is 0 Å². The Morgan fingerprint density at radius 2 is 2.27 bits per heavy atom. The fourth-order valence-electron chi connectivity index (χ4n) is 4.92. The van der Waals surface area contributed by atoms with Crippen LogP contribution in [0.25, 0.3) is 0 Å². The highest BCUT2D eigenvalue weighted by Gasteiger charge is 2.86. The Labute approximate surface area is 67.1 Å². The number of ether oxygens (including phenoxy) is 1. The van der Waals surface area contributed by atoms with Crippen LogP contribution < -0.4 is 0 Å². The zero-order valence-electron chi connectivity index (χ0n) is 6.97. The smallest absolute Gasteiger partial charge is 0.0701 e. The molecule has 5 unspecified atom stereocenters. The average Bonchev–Trinajstić information content (AvgIpc) is 2.35. The van der Waals surface area contributed by atoms with E-state index in [-0.39, 0.29) is 0 Å². The zero-order chi connectivity index (χ0) is 7.27. The molecule has 1 heterocycles. The monoisotopic (exact) mass is 150 g/mol. The summed E-state index contributed by atoms with van der Waals surface area (Å²) in [4.78, 5) is 0. The molecule has 0 amide bonds. The second-order valence-electron chi connectivity index (χ2n) is 5.38. The molecule has 3 saturated carbocycles. The maximum Gasteiger partial charge on any atom is 0.0701 e. The van der Waals surface area contributed by atoms with Crippen LogP contribution in [-0.4, -0.2) is 12.7 Å². The topological polar surface area (TPSA) is 9.23 Å². The summed E-state index contributed by atoms with van der Waals surface area (Å²) in [6.45, 7) is 3.56. The summed E-state index contributed by atoms with van der Waals surface area (Å²) in [5.41, 5.74) is 1.37. The third-order valence-electron chi connectivity index (χ3n) is 5.18. The summed E-state index contributed by atoms with van der Waals surface area (Å²) < 4.78 is 5.84. The van der Waals surface area contributed by atoms with Crippen molar-refractivity contribution in [3.05, 3.63) is 0 Å². The van der Waals surface area contributed by atoms with Gasteiger partial charge in [-0.25, -0.2) is 0 Å². The van der Waals surface area contributed by atoms with Crippen molar-refractivity contribution in [1.29, 1.82) is 0 Å². The molecule has 0 radical (unpaired) electrons. The first kappa shape index (κ1) is 5.58. The van der Waals surface area contributed by atoms with E-state index in [0.717, 1.165) is 23.9 Å². The Kier molecular flexibility index (Phi) is 0.602. The van der Waals surface area contributed by atoms with E-state index >= 15 is 0 Å². The minimum Gasteiger partial charge on any atom is -0.377 e. The highest BCUT2D eigenvalue weighted by molar-refractivity contribution is 5.33. The molecule has 3 aliphatic carbocycles. The molecular weight excluding hydrogens is 136 g/mol. The Balaban J connectivity index is 1.95. The summed E-state index contributed by atoms with van der Waals surface area (Å²) >= 11 is 0. The maximum atomic E-state index is 5.84. The molecular formula is C10H14O. The van der Waals surface area contributed by atoms with E-state index in [0.29, 0.717) is 11.5 Å². The van der Waals surface area contributed by atoms with E-state index in [1.165, 1.54) is 19.3 Å². The lowest BCUT2D eigenvalue weighted by Gasteiger charge is -2.25. The minimum absolute atomic E-state index is 0.652. The molecule has 4 rings (SSSR count). The lowest BCUT2D eigenvalue weighted by Crippen LogP contribution is -2.21. The first-order valence-electron chi connectivity index (χ1n) is 4.89. The van der Waals surface area contributed by atoms with Gasteiger partial charge in [0, 0.05) is 10.8 Å². The Bertz CT molecular complexity index is 245. The van der Waals surface area contributed by atoms with Gasteiger partial charge in [-0.1, -0.05) is 6.92 Å². The van der Waals surface area contributed by atoms with E-state index in [2.05, 4.69) is 6.92 Å². The van der Waals surface area contributed by atoms with Gasteiger partial charge in [-0.05, 0) is 31.1 Å². The highest BCUT2D eigenvalue weighted by atomic mass is 16.5. The molecule has 2 bridgehead atoms. The summed E-state index contributed by atoms with van der Waals surface area (Å²) in [5.74, 6) is 2.06. The predicted molar refractivity (Wildman–Crippen MR) is 41.1 cm³/mol. The van der Waals surface area contributed by atoms with E-state index in [1.807, 2.05) is 0 Å². The van der Waals surface area contributed by atoms with Crippen molar-refractivity contribution >= 4 is 0 Å². The van der Waals surface area contributed by atoms with Gasteiger partial charge < -0.3 is 4.74 Å². The average molecular weight is 150 g/mol. The van der Waals surface area contributed by atoms with Crippen LogP contribution in [0.1, 0.15) is 26.2 Å². The normalized spacial score (nSPS) is 75.5. The van der Waals surface area contributed by atoms with E-state index < -0.39 is 0 Å². The van der Waals surface area contributed by atoms with E-state index in [1.54, 1.807) is 0 Å². The Morgan fingerprint density at radius 1 is 1.36 bits per heavy atom. The van der Waals surface area contributed by atoms with Crippen LogP contribution in [-0.2, 0) is 4.74 Å². The molecule has 1 aliphatic heterocycles. The van der Waals surface area contributed by atoms with Gasteiger partial charge in [0.1, 0.15) is 0 Å². The van der Waals surface area contributed by atoms with Crippen molar-refractivity contribution in [2.45, 2.75) is 32.3 Å². The molecule has 0 aromatic carbocycles. The van der Waals surface area contributed by atoms with Crippen LogP contribution >= 0.6 is 0 Å². The lowest BCUT2D eigenvalue weighted by molar-refractivity contribution is 0.0648. The molecule has 0 aromatic rings. The first-order chi connectivity index (χ1) is 5.27. The molecule has 0 N–H and O–H groups in total. The van der Waals surface area contributed by atoms with Crippen molar-refractivity contribution in [2.75, 3.05) is 6.61 Å². The minimum atomic E-state index is 0.652. The predicted octanol–water partition coefficient (Wildman–Crippen LogP) is 1.82. The van der Waals surface area contributed by atoms with Crippen LogP contribution in [0.2, 0.25) is 0 Å². The Hall–Kier alpha value is -0.0400.